The number of anilines is 1. The molecule has 5 rings (SSSR count). The lowest BCUT2D eigenvalue weighted by Gasteiger charge is -2.21. The molecule has 0 aliphatic heterocycles. The molecule has 0 saturated heterocycles. The van der Waals surface area contributed by atoms with E-state index in [1.165, 1.54) is 0 Å². The number of aromatic nitrogens is 6. The molecule has 31 heavy (non-hydrogen) atoms. The van der Waals surface area contributed by atoms with Gasteiger partial charge in [0, 0.05) is 43.2 Å². The first-order valence-corrected chi connectivity index (χ1v) is 10.3. The molecular weight excluding hydrogens is 386 g/mol. The fraction of sp³-hybridized carbons (Fsp3) is 0.250. The van der Waals surface area contributed by atoms with Crippen LogP contribution in [0.15, 0.2) is 55.2 Å². The summed E-state index contributed by atoms with van der Waals surface area (Å²) in [5.74, 6) is 0.906. The molecule has 0 amide bonds. The minimum absolute atomic E-state index is 0.0493. The third-order valence-electron chi connectivity index (χ3n) is 5.46. The van der Waals surface area contributed by atoms with Crippen LogP contribution in [0.4, 0.5) is 5.82 Å². The van der Waals surface area contributed by atoms with Gasteiger partial charge in [-0.25, -0.2) is 19.9 Å². The number of hydrogen-bond donors (Lipinski definition) is 1. The first-order valence-electron chi connectivity index (χ1n) is 10.3. The van der Waals surface area contributed by atoms with Crippen LogP contribution < -0.4 is 4.90 Å². The van der Waals surface area contributed by atoms with Crippen LogP contribution in [-0.2, 0) is 5.54 Å². The van der Waals surface area contributed by atoms with Gasteiger partial charge in [0.2, 0.25) is 0 Å². The molecular formula is C24H25N7. The summed E-state index contributed by atoms with van der Waals surface area (Å²) in [5.41, 5.74) is 7.48. The van der Waals surface area contributed by atoms with Gasteiger partial charge in [-0.3, -0.25) is 0 Å². The second-order valence-corrected chi connectivity index (χ2v) is 8.94. The third kappa shape index (κ3) is 3.32. The second kappa shape index (κ2) is 6.91. The molecule has 0 aliphatic rings. The lowest BCUT2D eigenvalue weighted by molar-refractivity contribution is 0.408. The van der Waals surface area contributed by atoms with E-state index in [-0.39, 0.29) is 5.54 Å². The summed E-state index contributed by atoms with van der Waals surface area (Å²) < 4.78 is 2.20. The van der Waals surface area contributed by atoms with Crippen molar-refractivity contribution in [2.24, 2.45) is 0 Å². The monoisotopic (exact) mass is 411 g/mol. The fourth-order valence-corrected chi connectivity index (χ4v) is 3.76. The Kier molecular flexibility index (Phi) is 4.28. The van der Waals surface area contributed by atoms with Crippen LogP contribution in [-0.4, -0.2) is 43.6 Å². The smallest absolute Gasteiger partial charge is 0.156 e. The quantitative estimate of drug-likeness (QED) is 0.459. The van der Waals surface area contributed by atoms with E-state index in [1.54, 1.807) is 6.20 Å². The van der Waals surface area contributed by atoms with Gasteiger partial charge in [-0.05, 0) is 50.6 Å². The molecule has 0 fully saturated rings. The van der Waals surface area contributed by atoms with E-state index in [0.29, 0.717) is 0 Å². The summed E-state index contributed by atoms with van der Waals surface area (Å²) in [6, 6.07) is 10.3. The van der Waals surface area contributed by atoms with Crippen LogP contribution in [0.25, 0.3) is 44.6 Å². The van der Waals surface area contributed by atoms with Gasteiger partial charge < -0.3 is 14.5 Å². The van der Waals surface area contributed by atoms with E-state index in [0.717, 1.165) is 50.4 Å². The highest BCUT2D eigenvalue weighted by atomic mass is 15.1. The summed E-state index contributed by atoms with van der Waals surface area (Å²) in [6.07, 6.45) is 7.51. The van der Waals surface area contributed by atoms with Gasteiger partial charge in [-0.15, -0.1) is 0 Å². The highest BCUT2D eigenvalue weighted by Crippen LogP contribution is 2.32. The zero-order valence-corrected chi connectivity index (χ0v) is 18.4. The molecule has 0 spiro atoms. The van der Waals surface area contributed by atoms with Crippen molar-refractivity contribution in [3.63, 3.8) is 0 Å². The van der Waals surface area contributed by atoms with E-state index >= 15 is 0 Å². The van der Waals surface area contributed by atoms with Gasteiger partial charge in [0.15, 0.2) is 5.65 Å². The van der Waals surface area contributed by atoms with Crippen LogP contribution in [0.5, 0.6) is 0 Å². The van der Waals surface area contributed by atoms with Gasteiger partial charge in [0.25, 0.3) is 0 Å². The Labute approximate surface area is 180 Å². The van der Waals surface area contributed by atoms with Crippen molar-refractivity contribution in [2.75, 3.05) is 19.0 Å². The van der Waals surface area contributed by atoms with Crippen molar-refractivity contribution in [2.45, 2.75) is 26.3 Å². The summed E-state index contributed by atoms with van der Waals surface area (Å²) >= 11 is 0. The summed E-state index contributed by atoms with van der Waals surface area (Å²) in [7, 11) is 3.95. The molecule has 0 aliphatic carbocycles. The predicted octanol–water partition coefficient (Wildman–Crippen LogP) is 4.86. The van der Waals surface area contributed by atoms with Crippen LogP contribution in [0.2, 0.25) is 0 Å². The van der Waals surface area contributed by atoms with E-state index in [2.05, 4.69) is 63.5 Å². The Bertz CT molecular complexity index is 1390. The minimum Gasteiger partial charge on any atom is -0.363 e. The molecule has 1 aromatic carbocycles. The topological polar surface area (TPSA) is 75.5 Å². The van der Waals surface area contributed by atoms with Crippen LogP contribution in [0.3, 0.4) is 0 Å². The minimum atomic E-state index is -0.0493. The predicted molar refractivity (Wildman–Crippen MR) is 125 cm³/mol. The number of imidazole rings is 1. The highest BCUT2D eigenvalue weighted by molar-refractivity contribution is 5.94. The summed E-state index contributed by atoms with van der Waals surface area (Å²) in [6.45, 7) is 6.54. The number of nitrogens with zero attached hydrogens (tertiary/aromatic N) is 6. The number of fused-ring (bicyclic) bond motifs is 2. The Balaban J connectivity index is 1.62. The number of rotatable bonds is 3. The number of hydrogen-bond acceptors (Lipinski definition) is 5. The highest BCUT2D eigenvalue weighted by Gasteiger charge is 2.18. The number of H-pyrrole nitrogens is 1. The lowest BCUT2D eigenvalue weighted by Crippen LogP contribution is -2.20. The maximum atomic E-state index is 4.93. The van der Waals surface area contributed by atoms with Gasteiger partial charge >= 0.3 is 0 Å². The molecule has 5 aromatic rings. The normalized spacial score (nSPS) is 12.0. The van der Waals surface area contributed by atoms with Crippen molar-refractivity contribution in [1.82, 2.24) is 29.5 Å². The fourth-order valence-electron chi connectivity index (χ4n) is 3.76. The number of pyridine rings is 1. The van der Waals surface area contributed by atoms with E-state index in [9.17, 15) is 0 Å². The molecule has 0 bridgehead atoms. The van der Waals surface area contributed by atoms with E-state index in [1.807, 2.05) is 49.8 Å². The molecule has 0 unspecified atom stereocenters. The SMILES string of the molecule is CN(C)c1ccc(-c2cnc3[nH]cc(-c4ccc5ncn(C(C)(C)C)c5c4)c3n2)cn1. The Hall–Kier alpha value is -3.74. The largest absolute Gasteiger partial charge is 0.363 e. The van der Waals surface area contributed by atoms with Crippen molar-refractivity contribution in [3.8, 4) is 22.4 Å². The van der Waals surface area contributed by atoms with Crippen molar-refractivity contribution >= 4 is 28.0 Å². The second-order valence-electron chi connectivity index (χ2n) is 8.94. The Morgan fingerprint density at radius 3 is 2.45 bits per heavy atom. The number of aromatic amines is 1. The number of benzene rings is 1. The zero-order valence-electron chi connectivity index (χ0n) is 18.4. The Morgan fingerprint density at radius 1 is 0.935 bits per heavy atom. The Morgan fingerprint density at radius 2 is 1.74 bits per heavy atom. The van der Waals surface area contributed by atoms with Crippen molar-refractivity contribution in [3.05, 3.63) is 55.2 Å². The summed E-state index contributed by atoms with van der Waals surface area (Å²) in [5, 5.41) is 0. The standard InChI is InChI=1S/C24H25N7/c1-24(2,3)31-14-28-18-8-6-15(10-20(18)31)17-12-26-23-22(17)29-19(13-27-23)16-7-9-21(25-11-16)30(4)5/h6-14H,1-5H3,(H,26,27). The first-order chi connectivity index (χ1) is 14.8. The average molecular weight is 412 g/mol. The van der Waals surface area contributed by atoms with Gasteiger partial charge in [-0.1, -0.05) is 6.07 Å². The van der Waals surface area contributed by atoms with Crippen molar-refractivity contribution < 1.29 is 0 Å². The van der Waals surface area contributed by atoms with Gasteiger partial charge in [0.1, 0.15) is 11.3 Å². The summed E-state index contributed by atoms with van der Waals surface area (Å²) in [4.78, 5) is 23.8. The first kappa shape index (κ1) is 19.2. The molecule has 4 heterocycles. The molecule has 7 heteroatoms. The van der Waals surface area contributed by atoms with Crippen LogP contribution in [0.1, 0.15) is 20.8 Å². The molecule has 7 nitrogen and oxygen atoms in total. The molecule has 4 aromatic heterocycles. The van der Waals surface area contributed by atoms with Gasteiger partial charge in [0.05, 0.1) is 29.3 Å². The average Bonchev–Trinajstić information content (AvgIpc) is 3.36. The molecule has 0 atom stereocenters. The molecule has 156 valence electrons. The molecule has 0 saturated carbocycles. The zero-order chi connectivity index (χ0) is 21.8. The van der Waals surface area contributed by atoms with Crippen molar-refractivity contribution in [1.29, 1.82) is 0 Å². The third-order valence-corrected chi connectivity index (χ3v) is 5.46. The lowest BCUT2D eigenvalue weighted by atomic mass is 10.1. The molecule has 0 radical (unpaired) electrons. The maximum absolute atomic E-state index is 4.93. The van der Waals surface area contributed by atoms with E-state index < -0.39 is 0 Å². The maximum Gasteiger partial charge on any atom is 0.156 e. The van der Waals surface area contributed by atoms with Gasteiger partial charge in [-0.2, -0.15) is 0 Å². The van der Waals surface area contributed by atoms with Crippen LogP contribution >= 0.6 is 0 Å². The van der Waals surface area contributed by atoms with Crippen LogP contribution in [0, 0.1) is 0 Å². The number of nitrogens with one attached hydrogen (secondary N) is 1. The van der Waals surface area contributed by atoms with E-state index in [4.69, 9.17) is 4.98 Å². The molecule has 1 N–H and O–H groups in total.